The standard InChI is InChI=1S/C10H6N2O4S3/c11-5-6-3-4-17-9(6)12-19(15,16)8-2-1-7(18-8)10(13)14/h1-4,12H,(H,13,14). The summed E-state index contributed by atoms with van der Waals surface area (Å²) in [6, 6.07) is 5.81. The van der Waals surface area contributed by atoms with Gasteiger partial charge in [0.15, 0.2) is 0 Å². The van der Waals surface area contributed by atoms with Crippen molar-refractivity contribution in [2.45, 2.75) is 4.21 Å². The van der Waals surface area contributed by atoms with Crippen molar-refractivity contribution in [3.8, 4) is 6.07 Å². The van der Waals surface area contributed by atoms with E-state index in [0.29, 0.717) is 11.3 Å². The molecule has 0 fully saturated rings. The number of sulfonamides is 1. The molecule has 0 atom stereocenters. The number of nitrogens with zero attached hydrogens (tertiary/aromatic N) is 1. The Hall–Kier alpha value is -1.89. The van der Waals surface area contributed by atoms with Gasteiger partial charge in [0, 0.05) is 0 Å². The summed E-state index contributed by atoms with van der Waals surface area (Å²) in [5.74, 6) is -1.18. The number of nitriles is 1. The predicted octanol–water partition coefficient (Wildman–Crippen LogP) is 2.18. The molecule has 0 aliphatic heterocycles. The molecule has 0 saturated heterocycles. The number of rotatable bonds is 4. The molecular weight excluding hydrogens is 308 g/mol. The highest BCUT2D eigenvalue weighted by atomic mass is 32.2. The van der Waals surface area contributed by atoms with Crippen LogP contribution < -0.4 is 4.72 Å². The quantitative estimate of drug-likeness (QED) is 0.899. The Morgan fingerprint density at radius 2 is 2.11 bits per heavy atom. The molecule has 6 nitrogen and oxygen atoms in total. The van der Waals surface area contributed by atoms with Gasteiger partial charge in [0.2, 0.25) is 0 Å². The van der Waals surface area contributed by atoms with Gasteiger partial charge in [-0.15, -0.1) is 22.7 Å². The summed E-state index contributed by atoms with van der Waals surface area (Å²) >= 11 is 1.74. The third-order valence-corrected chi connectivity index (χ3v) is 5.94. The molecule has 0 spiro atoms. The van der Waals surface area contributed by atoms with Gasteiger partial charge in [-0.3, -0.25) is 4.72 Å². The van der Waals surface area contributed by atoms with E-state index in [4.69, 9.17) is 10.4 Å². The van der Waals surface area contributed by atoms with Crippen LogP contribution in [-0.4, -0.2) is 19.5 Å². The zero-order valence-electron chi connectivity index (χ0n) is 9.15. The van der Waals surface area contributed by atoms with Crippen LogP contribution in [0.4, 0.5) is 5.00 Å². The minimum absolute atomic E-state index is 0.0629. The second kappa shape index (κ2) is 5.00. The third kappa shape index (κ3) is 2.76. The number of thiophene rings is 2. The molecule has 0 radical (unpaired) electrons. The van der Waals surface area contributed by atoms with Crippen molar-refractivity contribution in [2.75, 3.05) is 4.72 Å². The van der Waals surface area contributed by atoms with Crippen molar-refractivity contribution in [2.24, 2.45) is 0 Å². The molecular formula is C10H6N2O4S3. The Kier molecular flexibility index (Phi) is 3.57. The van der Waals surface area contributed by atoms with E-state index in [1.165, 1.54) is 18.2 Å². The van der Waals surface area contributed by atoms with E-state index >= 15 is 0 Å². The first-order chi connectivity index (χ1) is 8.94. The monoisotopic (exact) mass is 314 g/mol. The maximum absolute atomic E-state index is 12.0. The predicted molar refractivity (Wildman–Crippen MR) is 71.1 cm³/mol. The molecule has 2 heterocycles. The Labute approximate surface area is 116 Å². The molecule has 2 N–H and O–H groups in total. The maximum Gasteiger partial charge on any atom is 0.345 e. The number of carbonyl (C=O) groups is 1. The fourth-order valence-electron chi connectivity index (χ4n) is 1.23. The Bertz CT molecular complexity index is 767. The van der Waals surface area contributed by atoms with E-state index in [1.807, 2.05) is 6.07 Å². The smallest absolute Gasteiger partial charge is 0.345 e. The second-order valence-corrected chi connectivity index (χ2v) is 7.21. The fraction of sp³-hybridized carbons (Fsp3) is 0. The number of carboxylic acid groups (broad SMARTS) is 1. The first-order valence-electron chi connectivity index (χ1n) is 4.77. The van der Waals surface area contributed by atoms with E-state index in [1.54, 1.807) is 5.38 Å². The van der Waals surface area contributed by atoms with Crippen LogP contribution in [0.1, 0.15) is 15.2 Å². The summed E-state index contributed by atoms with van der Waals surface area (Å²) in [6.45, 7) is 0. The van der Waals surface area contributed by atoms with Gasteiger partial charge in [-0.1, -0.05) is 0 Å². The lowest BCUT2D eigenvalue weighted by Crippen LogP contribution is -2.11. The fourth-order valence-corrected chi connectivity index (χ4v) is 4.44. The molecule has 0 aromatic carbocycles. The normalized spacial score (nSPS) is 10.9. The van der Waals surface area contributed by atoms with Crippen molar-refractivity contribution in [1.82, 2.24) is 0 Å². The molecule has 2 aromatic rings. The summed E-state index contributed by atoms with van der Waals surface area (Å²) in [7, 11) is -3.86. The summed E-state index contributed by atoms with van der Waals surface area (Å²) in [5, 5.41) is 19.4. The number of hydrogen-bond acceptors (Lipinski definition) is 6. The van der Waals surface area contributed by atoms with E-state index in [2.05, 4.69) is 4.72 Å². The average molecular weight is 314 g/mol. The summed E-state index contributed by atoms with van der Waals surface area (Å²) in [4.78, 5) is 10.6. The summed E-state index contributed by atoms with van der Waals surface area (Å²) < 4.78 is 26.2. The molecule has 2 rings (SSSR count). The van der Waals surface area contributed by atoms with Gasteiger partial charge >= 0.3 is 5.97 Å². The van der Waals surface area contributed by atoms with E-state index < -0.39 is 16.0 Å². The number of aromatic carboxylic acids is 1. The van der Waals surface area contributed by atoms with Gasteiger partial charge in [0.25, 0.3) is 10.0 Å². The number of anilines is 1. The van der Waals surface area contributed by atoms with E-state index in [0.717, 1.165) is 11.3 Å². The highest BCUT2D eigenvalue weighted by Gasteiger charge is 2.20. The molecule has 9 heteroatoms. The molecule has 98 valence electrons. The number of hydrogen-bond donors (Lipinski definition) is 2. The van der Waals surface area contributed by atoms with Crippen LogP contribution in [0.15, 0.2) is 27.8 Å². The topological polar surface area (TPSA) is 107 Å². The van der Waals surface area contributed by atoms with Crippen LogP contribution in [0.3, 0.4) is 0 Å². The molecule has 2 aromatic heterocycles. The Morgan fingerprint density at radius 1 is 1.37 bits per heavy atom. The van der Waals surface area contributed by atoms with Crippen LogP contribution in [-0.2, 0) is 10.0 Å². The van der Waals surface area contributed by atoms with Crippen LogP contribution >= 0.6 is 22.7 Å². The van der Waals surface area contributed by atoms with E-state index in [9.17, 15) is 13.2 Å². The maximum atomic E-state index is 12.0. The largest absolute Gasteiger partial charge is 0.477 e. The van der Waals surface area contributed by atoms with Gasteiger partial charge in [0.1, 0.15) is 20.2 Å². The van der Waals surface area contributed by atoms with Gasteiger partial charge in [-0.25, -0.2) is 13.2 Å². The molecule has 0 aliphatic rings. The van der Waals surface area contributed by atoms with Crippen LogP contribution in [0.25, 0.3) is 0 Å². The van der Waals surface area contributed by atoms with Crippen molar-refractivity contribution < 1.29 is 18.3 Å². The molecule has 0 aliphatic carbocycles. The molecule has 19 heavy (non-hydrogen) atoms. The van der Waals surface area contributed by atoms with Crippen LogP contribution in [0.2, 0.25) is 0 Å². The average Bonchev–Trinajstić information content (AvgIpc) is 2.95. The van der Waals surface area contributed by atoms with Crippen molar-refractivity contribution in [3.05, 3.63) is 34.0 Å². The first kappa shape index (κ1) is 13.5. The second-order valence-electron chi connectivity index (χ2n) is 3.30. The molecule has 0 unspecified atom stereocenters. The SMILES string of the molecule is N#Cc1ccsc1NS(=O)(=O)c1ccc(C(=O)O)s1. The minimum Gasteiger partial charge on any atom is -0.477 e. The van der Waals surface area contributed by atoms with Crippen molar-refractivity contribution in [1.29, 1.82) is 5.26 Å². The van der Waals surface area contributed by atoms with E-state index in [-0.39, 0.29) is 19.7 Å². The van der Waals surface area contributed by atoms with Gasteiger partial charge in [0.05, 0.1) is 5.56 Å². The lowest BCUT2D eigenvalue weighted by atomic mass is 10.4. The Balaban J connectivity index is 2.33. The van der Waals surface area contributed by atoms with Crippen LogP contribution in [0.5, 0.6) is 0 Å². The summed E-state index contributed by atoms with van der Waals surface area (Å²) in [5.41, 5.74) is 0.226. The highest BCUT2D eigenvalue weighted by Crippen LogP contribution is 2.28. The summed E-state index contributed by atoms with van der Waals surface area (Å²) in [6.07, 6.45) is 0. The number of carboxylic acids is 1. The molecule has 0 amide bonds. The van der Waals surface area contributed by atoms with Crippen LogP contribution in [0, 0.1) is 11.3 Å². The zero-order valence-corrected chi connectivity index (χ0v) is 11.6. The van der Waals surface area contributed by atoms with Gasteiger partial charge < -0.3 is 5.11 Å². The molecule has 0 bridgehead atoms. The lowest BCUT2D eigenvalue weighted by molar-refractivity contribution is 0.0702. The first-order valence-corrected chi connectivity index (χ1v) is 7.95. The number of nitrogens with one attached hydrogen (secondary N) is 1. The minimum atomic E-state index is -3.86. The lowest BCUT2D eigenvalue weighted by Gasteiger charge is -2.03. The molecule has 0 saturated carbocycles. The van der Waals surface area contributed by atoms with Crippen molar-refractivity contribution >= 4 is 43.7 Å². The zero-order chi connectivity index (χ0) is 14.0. The van der Waals surface area contributed by atoms with Gasteiger partial charge in [-0.2, -0.15) is 5.26 Å². The highest BCUT2D eigenvalue weighted by molar-refractivity contribution is 7.94. The van der Waals surface area contributed by atoms with Crippen molar-refractivity contribution in [3.63, 3.8) is 0 Å². The third-order valence-electron chi connectivity index (χ3n) is 2.07. The van der Waals surface area contributed by atoms with Gasteiger partial charge in [-0.05, 0) is 23.6 Å². The Morgan fingerprint density at radius 3 is 2.68 bits per heavy atom.